The van der Waals surface area contributed by atoms with Crippen LogP contribution in [0.5, 0.6) is 5.75 Å². The van der Waals surface area contributed by atoms with E-state index >= 15 is 0 Å². The number of aromatic hydroxyl groups is 1. The van der Waals surface area contributed by atoms with Gasteiger partial charge in [0, 0.05) is 64.5 Å². The molecule has 2 aliphatic rings. The Morgan fingerprint density at radius 2 is 1.88 bits per heavy atom. The van der Waals surface area contributed by atoms with Crippen LogP contribution in [0.15, 0.2) is 24.8 Å². The van der Waals surface area contributed by atoms with Gasteiger partial charge in [-0.3, -0.25) is 14.6 Å². The number of amides is 1. The Kier molecular flexibility index (Phi) is 6.29. The maximum Gasteiger partial charge on any atom is 0.246 e. The van der Waals surface area contributed by atoms with Crippen LogP contribution >= 0.6 is 23.2 Å². The quantitative estimate of drug-likeness (QED) is 0.567. The number of piperazine rings is 1. The molecule has 2 aliphatic heterocycles. The van der Waals surface area contributed by atoms with Crippen LogP contribution in [-0.2, 0) is 4.79 Å². The molecule has 0 aliphatic carbocycles. The van der Waals surface area contributed by atoms with Crippen molar-refractivity contribution in [3.8, 4) is 5.75 Å². The van der Waals surface area contributed by atoms with Crippen molar-refractivity contribution in [2.45, 2.75) is 6.04 Å². The summed E-state index contributed by atoms with van der Waals surface area (Å²) in [7, 11) is 0. The number of phenolic OH excluding ortho intramolecular Hbond substituents is 1. The fraction of sp³-hybridized carbons (Fsp3) is 0.500. The number of halogens is 2. The normalized spacial score (nSPS) is 19.2. The Morgan fingerprint density at radius 1 is 1.23 bits per heavy atom. The van der Waals surface area contributed by atoms with Gasteiger partial charge in [-0.2, -0.15) is 0 Å². The molecule has 1 aromatic rings. The topological polar surface area (TPSA) is 59.1 Å². The first-order chi connectivity index (χ1) is 12.5. The van der Waals surface area contributed by atoms with Gasteiger partial charge in [-0.15, -0.1) is 0 Å². The number of phenols is 1. The number of nitrogens with zero attached hydrogens (tertiary/aromatic N) is 3. The highest BCUT2D eigenvalue weighted by Gasteiger charge is 2.34. The lowest BCUT2D eigenvalue weighted by Gasteiger charge is -2.47. The fourth-order valence-corrected chi connectivity index (χ4v) is 3.70. The molecule has 6 nitrogen and oxygen atoms in total. The molecule has 0 radical (unpaired) electrons. The number of rotatable bonds is 6. The Bertz CT molecular complexity index is 671. The predicted octanol–water partition coefficient (Wildman–Crippen LogP) is 2.13. The lowest BCUT2D eigenvalue weighted by molar-refractivity contribution is -0.133. The maximum absolute atomic E-state index is 11.5. The van der Waals surface area contributed by atoms with Crippen LogP contribution in [0.25, 0.3) is 0 Å². The average molecular weight is 399 g/mol. The first kappa shape index (κ1) is 19.3. The maximum atomic E-state index is 11.5. The number of hydrogen-bond acceptors (Lipinski definition) is 5. The van der Waals surface area contributed by atoms with E-state index in [9.17, 15) is 9.90 Å². The molecule has 1 aromatic carbocycles. The Balaban J connectivity index is 1.37. The third kappa shape index (κ3) is 4.43. The van der Waals surface area contributed by atoms with Gasteiger partial charge in [0.05, 0.1) is 15.7 Å². The van der Waals surface area contributed by atoms with Gasteiger partial charge in [0.15, 0.2) is 0 Å². The van der Waals surface area contributed by atoms with E-state index in [1.807, 2.05) is 4.90 Å². The molecule has 0 atom stereocenters. The minimum absolute atomic E-state index is 0.0246. The molecular weight excluding hydrogens is 375 g/mol. The summed E-state index contributed by atoms with van der Waals surface area (Å²) in [6.45, 7) is 10.8. The third-order valence-corrected chi connectivity index (χ3v) is 5.78. The highest BCUT2D eigenvalue weighted by atomic mass is 35.5. The Labute approximate surface area is 164 Å². The molecule has 0 unspecified atom stereocenters. The van der Waals surface area contributed by atoms with Crippen molar-refractivity contribution in [3.63, 3.8) is 0 Å². The molecule has 1 amide bonds. The van der Waals surface area contributed by atoms with Gasteiger partial charge in [-0.05, 0) is 12.1 Å². The van der Waals surface area contributed by atoms with Gasteiger partial charge in [-0.1, -0.05) is 29.8 Å². The summed E-state index contributed by atoms with van der Waals surface area (Å²) in [5, 5.41) is 13.9. The molecule has 0 bridgehead atoms. The zero-order valence-electron chi connectivity index (χ0n) is 14.6. The van der Waals surface area contributed by atoms with Crippen molar-refractivity contribution in [2.75, 3.05) is 57.7 Å². The summed E-state index contributed by atoms with van der Waals surface area (Å²) in [4.78, 5) is 18.2. The van der Waals surface area contributed by atoms with Crippen molar-refractivity contribution < 1.29 is 9.90 Å². The molecule has 26 heavy (non-hydrogen) atoms. The van der Waals surface area contributed by atoms with E-state index in [-0.39, 0.29) is 11.7 Å². The number of hydrogen-bond donors (Lipinski definition) is 2. The highest BCUT2D eigenvalue weighted by molar-refractivity contribution is 6.42. The second-order valence-electron chi connectivity index (χ2n) is 6.69. The molecule has 8 heteroatoms. The largest absolute Gasteiger partial charge is 0.506 e. The second kappa shape index (κ2) is 8.48. The van der Waals surface area contributed by atoms with Gasteiger partial charge >= 0.3 is 0 Å². The summed E-state index contributed by atoms with van der Waals surface area (Å²) in [6, 6.07) is 3.57. The fourth-order valence-electron chi connectivity index (χ4n) is 3.37. The summed E-state index contributed by atoms with van der Waals surface area (Å²) < 4.78 is 0. The molecule has 0 aromatic heterocycles. The Hall–Kier alpha value is -1.47. The van der Waals surface area contributed by atoms with E-state index in [1.165, 1.54) is 12.1 Å². The molecule has 0 saturated carbocycles. The van der Waals surface area contributed by atoms with E-state index in [4.69, 9.17) is 23.2 Å². The molecule has 2 heterocycles. The standard InChI is InChI=1S/C18H24Cl2N4O2/c1-2-18(26)24-11-13(12-24)23-7-5-22(6-8-23)4-3-21-16-9-14(19)15(20)10-17(16)25/h2,9-10,13,21,25H,1,3-8,11-12H2. The van der Waals surface area contributed by atoms with Gasteiger partial charge < -0.3 is 15.3 Å². The molecule has 2 fully saturated rings. The van der Waals surface area contributed by atoms with Crippen LogP contribution in [0.1, 0.15) is 0 Å². The van der Waals surface area contributed by atoms with E-state index < -0.39 is 0 Å². The highest BCUT2D eigenvalue weighted by Crippen LogP contribution is 2.33. The van der Waals surface area contributed by atoms with Crippen LogP contribution in [0.3, 0.4) is 0 Å². The monoisotopic (exact) mass is 398 g/mol. The summed E-state index contributed by atoms with van der Waals surface area (Å²) >= 11 is 11.9. The number of likely N-dealkylation sites (tertiary alicyclic amines) is 1. The molecule has 3 rings (SSSR count). The lowest BCUT2D eigenvalue weighted by atomic mass is 10.1. The number of nitrogens with one attached hydrogen (secondary N) is 1. The van der Waals surface area contributed by atoms with Crippen LogP contribution in [0.4, 0.5) is 5.69 Å². The Morgan fingerprint density at radius 3 is 2.54 bits per heavy atom. The second-order valence-corrected chi connectivity index (χ2v) is 7.50. The SMILES string of the molecule is C=CC(=O)N1CC(N2CCN(CCNc3cc(Cl)c(Cl)cc3O)CC2)C1. The van der Waals surface area contributed by atoms with E-state index in [0.717, 1.165) is 52.4 Å². The molecular formula is C18H24Cl2N4O2. The first-order valence-corrected chi connectivity index (χ1v) is 9.53. The van der Waals surface area contributed by atoms with Gasteiger partial charge in [0.25, 0.3) is 0 Å². The van der Waals surface area contributed by atoms with Gasteiger partial charge in [0.1, 0.15) is 5.75 Å². The van der Waals surface area contributed by atoms with Crippen molar-refractivity contribution in [3.05, 3.63) is 34.8 Å². The first-order valence-electron chi connectivity index (χ1n) is 8.77. The molecule has 142 valence electrons. The van der Waals surface area contributed by atoms with E-state index in [2.05, 4.69) is 21.7 Å². The van der Waals surface area contributed by atoms with Crippen LogP contribution in [-0.4, -0.2) is 84.1 Å². The van der Waals surface area contributed by atoms with Crippen LogP contribution in [0.2, 0.25) is 10.0 Å². The van der Waals surface area contributed by atoms with Crippen molar-refractivity contribution >= 4 is 34.8 Å². The summed E-state index contributed by atoms with van der Waals surface area (Å²) in [6.07, 6.45) is 1.38. The summed E-state index contributed by atoms with van der Waals surface area (Å²) in [5.74, 6) is 0.129. The van der Waals surface area contributed by atoms with Crippen LogP contribution in [0, 0.1) is 0 Å². The molecule has 2 N–H and O–H groups in total. The molecule has 0 spiro atoms. The minimum atomic E-state index is 0.0246. The van der Waals surface area contributed by atoms with Crippen molar-refractivity contribution in [1.29, 1.82) is 0 Å². The van der Waals surface area contributed by atoms with Crippen LogP contribution < -0.4 is 5.32 Å². The number of benzene rings is 1. The smallest absolute Gasteiger partial charge is 0.246 e. The zero-order valence-corrected chi connectivity index (χ0v) is 16.1. The molecule has 2 saturated heterocycles. The zero-order chi connectivity index (χ0) is 18.7. The van der Waals surface area contributed by atoms with Gasteiger partial charge in [-0.25, -0.2) is 0 Å². The third-order valence-electron chi connectivity index (χ3n) is 5.05. The number of carbonyl (C=O) groups is 1. The number of carbonyl (C=O) groups excluding carboxylic acids is 1. The average Bonchev–Trinajstić information content (AvgIpc) is 2.59. The van der Waals surface area contributed by atoms with Crippen molar-refractivity contribution in [1.82, 2.24) is 14.7 Å². The number of anilines is 1. The van der Waals surface area contributed by atoms with E-state index in [0.29, 0.717) is 21.8 Å². The predicted molar refractivity (Wildman–Crippen MR) is 105 cm³/mol. The van der Waals surface area contributed by atoms with Gasteiger partial charge in [0.2, 0.25) is 5.91 Å². The lowest BCUT2D eigenvalue weighted by Crippen LogP contribution is -2.64. The van der Waals surface area contributed by atoms with E-state index in [1.54, 1.807) is 6.07 Å². The van der Waals surface area contributed by atoms with Crippen molar-refractivity contribution in [2.24, 2.45) is 0 Å². The minimum Gasteiger partial charge on any atom is -0.506 e. The summed E-state index contributed by atoms with van der Waals surface area (Å²) in [5.41, 5.74) is 0.597.